The van der Waals surface area contributed by atoms with Gasteiger partial charge in [0.1, 0.15) is 0 Å². The zero-order valence-corrected chi connectivity index (χ0v) is 10.7. The van der Waals surface area contributed by atoms with Crippen LogP contribution in [0.25, 0.3) is 0 Å². The molecule has 98 valence electrons. The Kier molecular flexibility index (Phi) is 5.30. The summed E-state index contributed by atoms with van der Waals surface area (Å²) in [6.45, 7) is 2.90. The molecule has 0 atom stereocenters. The minimum atomic E-state index is 0.0235. The Morgan fingerprint density at radius 1 is 1.06 bits per heavy atom. The second-order valence-corrected chi connectivity index (χ2v) is 5.57. The molecule has 1 saturated heterocycles. The van der Waals surface area contributed by atoms with Crippen LogP contribution >= 0.6 is 0 Å². The zero-order valence-electron chi connectivity index (χ0n) is 10.7. The molecule has 1 saturated carbocycles. The number of carbonyl (C=O) groups excluding carboxylic acids is 1. The predicted octanol–water partition coefficient (Wildman–Crippen LogP) is 2.50. The molecule has 0 aromatic rings. The van der Waals surface area contributed by atoms with Gasteiger partial charge in [-0.2, -0.15) is 0 Å². The van der Waals surface area contributed by atoms with Crippen molar-refractivity contribution in [2.45, 2.75) is 51.4 Å². The van der Waals surface area contributed by atoms with E-state index in [-0.39, 0.29) is 5.97 Å². The van der Waals surface area contributed by atoms with E-state index in [0.717, 1.165) is 25.4 Å². The summed E-state index contributed by atoms with van der Waals surface area (Å²) in [6, 6.07) is 0. The minimum absolute atomic E-state index is 0.0235. The molecule has 0 aromatic carbocycles. The van der Waals surface area contributed by atoms with E-state index in [2.05, 4.69) is 5.32 Å². The third-order valence-electron chi connectivity index (χ3n) is 4.17. The highest BCUT2D eigenvalue weighted by molar-refractivity contribution is 5.69. The van der Waals surface area contributed by atoms with Gasteiger partial charge in [-0.05, 0) is 57.0 Å². The number of carbonyl (C=O) groups is 1. The Balaban J connectivity index is 1.53. The SMILES string of the molecule is O=C(CCC1CCNCC1)OCC1CCCC1. The van der Waals surface area contributed by atoms with Crippen molar-refractivity contribution in [3.8, 4) is 0 Å². The van der Waals surface area contributed by atoms with Crippen LogP contribution in [0.4, 0.5) is 0 Å². The lowest BCUT2D eigenvalue weighted by Crippen LogP contribution is -2.28. The second kappa shape index (κ2) is 7.00. The molecule has 3 nitrogen and oxygen atoms in total. The molecule has 2 fully saturated rings. The van der Waals surface area contributed by atoms with Crippen LogP contribution in [0, 0.1) is 11.8 Å². The van der Waals surface area contributed by atoms with Crippen molar-refractivity contribution >= 4 is 5.97 Å². The Hall–Kier alpha value is -0.570. The molecule has 17 heavy (non-hydrogen) atoms. The summed E-state index contributed by atoms with van der Waals surface area (Å²) >= 11 is 0. The van der Waals surface area contributed by atoms with Gasteiger partial charge in [0, 0.05) is 6.42 Å². The molecule has 1 heterocycles. The van der Waals surface area contributed by atoms with Crippen LogP contribution in [0.3, 0.4) is 0 Å². The molecule has 0 aromatic heterocycles. The summed E-state index contributed by atoms with van der Waals surface area (Å²) in [7, 11) is 0. The van der Waals surface area contributed by atoms with E-state index < -0.39 is 0 Å². The van der Waals surface area contributed by atoms with Crippen LogP contribution in [-0.4, -0.2) is 25.7 Å². The summed E-state index contributed by atoms with van der Waals surface area (Å²) in [6.07, 6.45) is 9.21. The first-order valence-electron chi connectivity index (χ1n) is 7.21. The Morgan fingerprint density at radius 2 is 1.76 bits per heavy atom. The van der Waals surface area contributed by atoms with Gasteiger partial charge in [-0.1, -0.05) is 12.8 Å². The van der Waals surface area contributed by atoms with Gasteiger partial charge in [0.15, 0.2) is 0 Å². The highest BCUT2D eigenvalue weighted by atomic mass is 16.5. The first-order valence-corrected chi connectivity index (χ1v) is 7.21. The van der Waals surface area contributed by atoms with Gasteiger partial charge in [0.2, 0.25) is 0 Å². The van der Waals surface area contributed by atoms with Gasteiger partial charge >= 0.3 is 5.97 Å². The summed E-state index contributed by atoms with van der Waals surface area (Å²) in [5, 5.41) is 3.35. The molecule has 0 amide bonds. The largest absolute Gasteiger partial charge is 0.465 e. The average Bonchev–Trinajstić information content (AvgIpc) is 2.88. The molecule has 1 aliphatic heterocycles. The van der Waals surface area contributed by atoms with E-state index in [1.54, 1.807) is 0 Å². The van der Waals surface area contributed by atoms with Crippen LogP contribution in [0.15, 0.2) is 0 Å². The number of esters is 1. The quantitative estimate of drug-likeness (QED) is 0.749. The molecule has 1 aliphatic carbocycles. The normalized spacial score (nSPS) is 22.8. The maximum atomic E-state index is 11.6. The molecule has 0 radical (unpaired) electrons. The maximum absolute atomic E-state index is 11.6. The fourth-order valence-electron chi connectivity index (χ4n) is 2.95. The van der Waals surface area contributed by atoms with E-state index in [1.807, 2.05) is 0 Å². The third kappa shape index (κ3) is 4.66. The average molecular weight is 239 g/mol. The highest BCUT2D eigenvalue weighted by Crippen LogP contribution is 2.25. The van der Waals surface area contributed by atoms with E-state index in [9.17, 15) is 4.79 Å². The zero-order chi connectivity index (χ0) is 11.9. The predicted molar refractivity (Wildman–Crippen MR) is 67.7 cm³/mol. The first kappa shape index (κ1) is 12.9. The minimum Gasteiger partial charge on any atom is -0.465 e. The number of nitrogens with one attached hydrogen (secondary N) is 1. The van der Waals surface area contributed by atoms with Crippen LogP contribution in [0.1, 0.15) is 51.4 Å². The van der Waals surface area contributed by atoms with Crippen molar-refractivity contribution < 1.29 is 9.53 Å². The van der Waals surface area contributed by atoms with E-state index in [4.69, 9.17) is 4.74 Å². The van der Waals surface area contributed by atoms with Crippen molar-refractivity contribution in [3.05, 3.63) is 0 Å². The van der Waals surface area contributed by atoms with Gasteiger partial charge in [-0.3, -0.25) is 4.79 Å². The number of piperidine rings is 1. The van der Waals surface area contributed by atoms with Crippen LogP contribution in [0.5, 0.6) is 0 Å². The molecular weight excluding hydrogens is 214 g/mol. The summed E-state index contributed by atoms with van der Waals surface area (Å²) < 4.78 is 5.36. The van der Waals surface area contributed by atoms with E-state index >= 15 is 0 Å². The van der Waals surface area contributed by atoms with Crippen molar-refractivity contribution in [1.82, 2.24) is 5.32 Å². The van der Waals surface area contributed by atoms with E-state index in [1.165, 1.54) is 38.5 Å². The van der Waals surface area contributed by atoms with Gasteiger partial charge in [0.25, 0.3) is 0 Å². The summed E-state index contributed by atoms with van der Waals surface area (Å²) in [4.78, 5) is 11.6. The van der Waals surface area contributed by atoms with Crippen molar-refractivity contribution in [2.24, 2.45) is 11.8 Å². The Bertz CT molecular complexity index is 230. The molecule has 3 heteroatoms. The lowest BCUT2D eigenvalue weighted by molar-refractivity contribution is -0.145. The second-order valence-electron chi connectivity index (χ2n) is 5.57. The molecule has 0 unspecified atom stereocenters. The highest BCUT2D eigenvalue weighted by Gasteiger charge is 2.18. The lowest BCUT2D eigenvalue weighted by Gasteiger charge is -2.22. The number of ether oxygens (including phenoxy) is 1. The van der Waals surface area contributed by atoms with Crippen LogP contribution in [0.2, 0.25) is 0 Å². The van der Waals surface area contributed by atoms with Gasteiger partial charge < -0.3 is 10.1 Å². The fourth-order valence-corrected chi connectivity index (χ4v) is 2.95. The molecule has 0 bridgehead atoms. The number of hydrogen-bond acceptors (Lipinski definition) is 3. The number of hydrogen-bond donors (Lipinski definition) is 1. The summed E-state index contributed by atoms with van der Waals surface area (Å²) in [5.41, 5.74) is 0. The standard InChI is InChI=1S/C14H25NO2/c16-14(17-11-13-3-1-2-4-13)6-5-12-7-9-15-10-8-12/h12-13,15H,1-11H2. The number of rotatable bonds is 5. The van der Waals surface area contributed by atoms with Crippen LogP contribution < -0.4 is 5.32 Å². The third-order valence-corrected chi connectivity index (χ3v) is 4.17. The maximum Gasteiger partial charge on any atom is 0.305 e. The smallest absolute Gasteiger partial charge is 0.305 e. The topological polar surface area (TPSA) is 38.3 Å². The summed E-state index contributed by atoms with van der Waals surface area (Å²) in [5.74, 6) is 1.41. The van der Waals surface area contributed by atoms with Crippen LogP contribution in [-0.2, 0) is 9.53 Å². The Labute approximate surface area is 104 Å². The van der Waals surface area contributed by atoms with Crippen molar-refractivity contribution in [3.63, 3.8) is 0 Å². The molecule has 2 aliphatic rings. The molecule has 0 spiro atoms. The van der Waals surface area contributed by atoms with Crippen molar-refractivity contribution in [1.29, 1.82) is 0 Å². The van der Waals surface area contributed by atoms with Crippen molar-refractivity contribution in [2.75, 3.05) is 19.7 Å². The first-order chi connectivity index (χ1) is 8.34. The fraction of sp³-hybridized carbons (Fsp3) is 0.929. The lowest BCUT2D eigenvalue weighted by atomic mass is 9.93. The molecule has 1 N–H and O–H groups in total. The molecular formula is C14H25NO2. The van der Waals surface area contributed by atoms with E-state index in [0.29, 0.717) is 18.9 Å². The monoisotopic (exact) mass is 239 g/mol. The van der Waals surface area contributed by atoms with Gasteiger partial charge in [0.05, 0.1) is 6.61 Å². The Morgan fingerprint density at radius 3 is 2.47 bits per heavy atom. The molecule has 2 rings (SSSR count). The van der Waals surface area contributed by atoms with Gasteiger partial charge in [-0.25, -0.2) is 0 Å². The van der Waals surface area contributed by atoms with Gasteiger partial charge in [-0.15, -0.1) is 0 Å².